The summed E-state index contributed by atoms with van der Waals surface area (Å²) in [5.74, 6) is 0.743. The predicted octanol–water partition coefficient (Wildman–Crippen LogP) is 2.34. The Hall–Kier alpha value is -2.81. The lowest BCUT2D eigenvalue weighted by Crippen LogP contribution is -2.41. The molecule has 168 valence electrons. The van der Waals surface area contributed by atoms with E-state index >= 15 is 0 Å². The van der Waals surface area contributed by atoms with Crippen molar-refractivity contribution in [3.63, 3.8) is 0 Å². The fourth-order valence-electron chi connectivity index (χ4n) is 4.60. The van der Waals surface area contributed by atoms with Crippen LogP contribution in [0.4, 0.5) is 5.69 Å². The molecule has 0 bridgehead atoms. The molecule has 0 radical (unpaired) electrons. The van der Waals surface area contributed by atoms with Crippen LogP contribution in [-0.2, 0) is 15.9 Å². The Morgan fingerprint density at radius 2 is 1.78 bits per heavy atom. The summed E-state index contributed by atoms with van der Waals surface area (Å²) in [6.45, 7) is 2.13. The number of ether oxygens (including phenoxy) is 2. The van der Waals surface area contributed by atoms with E-state index < -0.39 is 0 Å². The molecule has 0 unspecified atom stereocenters. The lowest BCUT2D eigenvalue weighted by atomic mass is 10.1. The van der Waals surface area contributed by atoms with Gasteiger partial charge in [-0.1, -0.05) is 30.3 Å². The summed E-state index contributed by atoms with van der Waals surface area (Å²) in [7, 11) is 4.05. The average Bonchev–Trinajstić information content (AvgIpc) is 3.54. The van der Waals surface area contributed by atoms with E-state index in [4.69, 9.17) is 9.47 Å². The van der Waals surface area contributed by atoms with Crippen molar-refractivity contribution in [2.24, 2.45) is 0 Å². The van der Waals surface area contributed by atoms with Gasteiger partial charge in [0.25, 0.3) is 0 Å². The van der Waals surface area contributed by atoms with Gasteiger partial charge in [0.15, 0.2) is 5.82 Å². The Labute approximate surface area is 188 Å². The Balaban J connectivity index is 1.20. The van der Waals surface area contributed by atoms with Crippen LogP contribution in [0.1, 0.15) is 18.0 Å². The van der Waals surface area contributed by atoms with Gasteiger partial charge in [-0.05, 0) is 59.6 Å². The van der Waals surface area contributed by atoms with Gasteiger partial charge < -0.3 is 19.7 Å². The van der Waals surface area contributed by atoms with Crippen molar-refractivity contribution in [2.75, 3.05) is 38.8 Å². The molecule has 0 aliphatic carbocycles. The zero-order chi connectivity index (χ0) is 21.9. The summed E-state index contributed by atoms with van der Waals surface area (Å²) < 4.78 is 14.2. The summed E-state index contributed by atoms with van der Waals surface area (Å²) in [4.78, 5) is 2.07. The van der Waals surface area contributed by atoms with Crippen molar-refractivity contribution in [2.45, 2.75) is 37.1 Å². The molecule has 3 heterocycles. The summed E-state index contributed by atoms with van der Waals surface area (Å²) in [6, 6.07) is 19.0. The van der Waals surface area contributed by atoms with E-state index in [9.17, 15) is 0 Å². The molecule has 2 aliphatic rings. The quantitative estimate of drug-likeness (QED) is 0.545. The van der Waals surface area contributed by atoms with Crippen LogP contribution in [0.5, 0.6) is 0 Å². The second-order valence-corrected chi connectivity index (χ2v) is 8.70. The molecule has 8 nitrogen and oxygen atoms in total. The topological polar surface area (TPSA) is 77.3 Å². The largest absolute Gasteiger partial charge is 0.378 e. The molecule has 5 rings (SSSR count). The van der Waals surface area contributed by atoms with E-state index in [1.807, 2.05) is 18.8 Å². The number of rotatable bonds is 8. The van der Waals surface area contributed by atoms with Crippen molar-refractivity contribution in [3.8, 4) is 11.4 Å². The fraction of sp³-hybridized carbons (Fsp3) is 0.458. The van der Waals surface area contributed by atoms with E-state index in [1.165, 1.54) is 5.56 Å². The smallest absolute Gasteiger partial charge is 0.182 e. The average molecular weight is 435 g/mol. The number of tetrazole rings is 1. The van der Waals surface area contributed by atoms with Crippen LogP contribution in [-0.4, -0.2) is 72.3 Å². The van der Waals surface area contributed by atoms with Gasteiger partial charge >= 0.3 is 0 Å². The lowest BCUT2D eigenvalue weighted by molar-refractivity contribution is 0.0622. The predicted molar refractivity (Wildman–Crippen MR) is 123 cm³/mol. The first-order valence-electron chi connectivity index (χ1n) is 11.3. The zero-order valence-electron chi connectivity index (χ0n) is 18.6. The van der Waals surface area contributed by atoms with Crippen LogP contribution < -0.4 is 10.2 Å². The van der Waals surface area contributed by atoms with Crippen molar-refractivity contribution in [3.05, 3.63) is 60.2 Å². The normalized spacial score (nSPS) is 24.6. The summed E-state index contributed by atoms with van der Waals surface area (Å²) in [6.07, 6.45) is 2.12. The Bertz CT molecular complexity index is 1010. The molecule has 0 spiro atoms. The molecular weight excluding hydrogens is 404 g/mol. The number of anilines is 1. The minimum atomic E-state index is -0.0510. The van der Waals surface area contributed by atoms with Crippen LogP contribution in [0.25, 0.3) is 11.4 Å². The van der Waals surface area contributed by atoms with Gasteiger partial charge in [-0.15, -0.1) is 5.10 Å². The molecule has 2 aromatic carbocycles. The van der Waals surface area contributed by atoms with Crippen LogP contribution >= 0.6 is 0 Å². The third-order valence-corrected chi connectivity index (χ3v) is 6.37. The summed E-state index contributed by atoms with van der Waals surface area (Å²) in [5.41, 5.74) is 3.49. The summed E-state index contributed by atoms with van der Waals surface area (Å²) >= 11 is 0. The van der Waals surface area contributed by atoms with Crippen LogP contribution in [0.2, 0.25) is 0 Å². The number of aromatic nitrogens is 4. The maximum Gasteiger partial charge on any atom is 0.182 e. The third-order valence-electron chi connectivity index (χ3n) is 6.37. The third kappa shape index (κ3) is 4.26. The Morgan fingerprint density at radius 1 is 1.00 bits per heavy atom. The molecule has 2 saturated heterocycles. The monoisotopic (exact) mass is 434 g/mol. The van der Waals surface area contributed by atoms with E-state index in [-0.39, 0.29) is 24.3 Å². The second kappa shape index (κ2) is 9.36. The maximum atomic E-state index is 6.17. The molecule has 2 fully saturated rings. The highest BCUT2D eigenvalue weighted by Crippen LogP contribution is 2.35. The number of benzene rings is 2. The molecule has 4 atom stereocenters. The molecule has 0 saturated carbocycles. The molecule has 0 amide bonds. The minimum Gasteiger partial charge on any atom is -0.378 e. The maximum absolute atomic E-state index is 6.17. The van der Waals surface area contributed by atoms with Gasteiger partial charge in [0, 0.05) is 25.3 Å². The number of nitrogens with zero attached hydrogens (tertiary/aromatic N) is 5. The molecule has 32 heavy (non-hydrogen) atoms. The molecule has 1 aromatic heterocycles. The van der Waals surface area contributed by atoms with Gasteiger partial charge in [-0.3, -0.25) is 0 Å². The first kappa shape index (κ1) is 21.1. The van der Waals surface area contributed by atoms with Gasteiger partial charge in [0.2, 0.25) is 0 Å². The number of hydrogen-bond acceptors (Lipinski definition) is 7. The van der Waals surface area contributed by atoms with Crippen LogP contribution in [0.15, 0.2) is 54.6 Å². The number of hydrogen-bond donors (Lipinski definition) is 1. The molecule has 3 aromatic rings. The van der Waals surface area contributed by atoms with Gasteiger partial charge in [0.1, 0.15) is 18.2 Å². The standard InChI is InChI=1S/C24H30N6O2/c1-29(2)19-12-10-18(11-13-19)24-26-27-28-30(24)21-16-32-22-20(15-31-23(21)22)25-14-6-9-17-7-4-3-5-8-17/h3-5,7-8,10-13,20-23,25H,6,9,14-16H2,1-2H3/t20-,21+,22-,23+/m0/s1. The van der Waals surface area contributed by atoms with Crippen molar-refractivity contribution in [1.82, 2.24) is 25.5 Å². The molecule has 2 aliphatic heterocycles. The highest BCUT2D eigenvalue weighted by Gasteiger charge is 2.49. The SMILES string of the molecule is CN(C)c1ccc(-c2nnnn2[C@@H]2CO[C@@H]3[C@@H]2OC[C@@H]3NCCCc2ccccc2)cc1. The van der Waals surface area contributed by atoms with Gasteiger partial charge in [0.05, 0.1) is 19.3 Å². The summed E-state index contributed by atoms with van der Waals surface area (Å²) in [5, 5.41) is 16.2. The highest BCUT2D eigenvalue weighted by atomic mass is 16.6. The fourth-order valence-corrected chi connectivity index (χ4v) is 4.60. The Morgan fingerprint density at radius 3 is 2.56 bits per heavy atom. The number of aryl methyl sites for hydroxylation is 1. The first-order valence-corrected chi connectivity index (χ1v) is 11.3. The van der Waals surface area contributed by atoms with Gasteiger partial charge in [-0.25, -0.2) is 4.68 Å². The molecular formula is C24H30N6O2. The molecule has 8 heteroatoms. The van der Waals surface area contributed by atoms with E-state index in [1.54, 1.807) is 0 Å². The second-order valence-electron chi connectivity index (χ2n) is 8.70. The molecule has 1 N–H and O–H groups in total. The van der Waals surface area contributed by atoms with Crippen LogP contribution in [0.3, 0.4) is 0 Å². The van der Waals surface area contributed by atoms with E-state index in [0.717, 1.165) is 36.5 Å². The number of fused-ring (bicyclic) bond motifs is 1. The highest BCUT2D eigenvalue weighted by molar-refractivity contribution is 5.60. The van der Waals surface area contributed by atoms with E-state index in [2.05, 4.69) is 80.3 Å². The van der Waals surface area contributed by atoms with E-state index in [0.29, 0.717) is 13.2 Å². The van der Waals surface area contributed by atoms with Crippen molar-refractivity contribution >= 4 is 5.69 Å². The van der Waals surface area contributed by atoms with Gasteiger partial charge in [-0.2, -0.15) is 0 Å². The van der Waals surface area contributed by atoms with Crippen molar-refractivity contribution < 1.29 is 9.47 Å². The number of nitrogens with one attached hydrogen (secondary N) is 1. The Kier molecular flexibility index (Phi) is 6.16. The zero-order valence-corrected chi connectivity index (χ0v) is 18.6. The van der Waals surface area contributed by atoms with Crippen molar-refractivity contribution in [1.29, 1.82) is 0 Å². The lowest BCUT2D eigenvalue weighted by Gasteiger charge is -2.18. The van der Waals surface area contributed by atoms with Crippen LogP contribution in [0, 0.1) is 0 Å². The minimum absolute atomic E-state index is 0.0184. The first-order chi connectivity index (χ1) is 15.7.